The van der Waals surface area contributed by atoms with Crippen LogP contribution >= 0.6 is 43.2 Å². The summed E-state index contributed by atoms with van der Waals surface area (Å²) in [6.07, 6.45) is 1.47. The molecule has 0 radical (unpaired) electrons. The van der Waals surface area contributed by atoms with Crippen molar-refractivity contribution < 1.29 is 9.32 Å². The molecule has 0 fully saturated rings. The van der Waals surface area contributed by atoms with Crippen molar-refractivity contribution in [2.75, 3.05) is 0 Å². The number of hydrogen-bond donors (Lipinski definition) is 1. The highest BCUT2D eigenvalue weighted by molar-refractivity contribution is 9.13. The number of carbonyl (C=O) groups is 1. The van der Waals surface area contributed by atoms with E-state index in [-0.39, 0.29) is 5.91 Å². The fraction of sp³-hybridized carbons (Fsp3) is 0.111. The van der Waals surface area contributed by atoms with E-state index in [1.165, 1.54) is 17.6 Å². The van der Waals surface area contributed by atoms with Crippen LogP contribution in [0.2, 0.25) is 0 Å². The molecular formula is C9H6Br2N2O2S. The van der Waals surface area contributed by atoms with Crippen molar-refractivity contribution in [1.29, 1.82) is 0 Å². The fourth-order valence-electron chi connectivity index (χ4n) is 1.05. The van der Waals surface area contributed by atoms with Crippen LogP contribution in [-0.4, -0.2) is 11.1 Å². The van der Waals surface area contributed by atoms with Gasteiger partial charge in [-0.3, -0.25) is 4.79 Å². The minimum absolute atomic E-state index is 0.126. The van der Waals surface area contributed by atoms with Crippen molar-refractivity contribution in [3.63, 3.8) is 0 Å². The van der Waals surface area contributed by atoms with Crippen molar-refractivity contribution in [3.8, 4) is 0 Å². The molecule has 0 bridgehead atoms. The summed E-state index contributed by atoms with van der Waals surface area (Å²) in [4.78, 5) is 12.3. The van der Waals surface area contributed by atoms with Crippen molar-refractivity contribution in [1.82, 2.24) is 10.5 Å². The minimum atomic E-state index is -0.126. The normalized spacial score (nSPS) is 10.4. The number of nitrogens with one attached hydrogen (secondary N) is 1. The number of rotatable bonds is 3. The first-order chi connectivity index (χ1) is 7.66. The third-order valence-electron chi connectivity index (χ3n) is 1.79. The lowest BCUT2D eigenvalue weighted by molar-refractivity contribution is 0.0954. The van der Waals surface area contributed by atoms with Gasteiger partial charge in [-0.15, -0.1) is 11.3 Å². The predicted molar refractivity (Wildman–Crippen MR) is 67.4 cm³/mol. The zero-order chi connectivity index (χ0) is 11.5. The number of halogens is 2. The second kappa shape index (κ2) is 5.11. The molecule has 1 amide bonds. The summed E-state index contributed by atoms with van der Waals surface area (Å²) in [6.45, 7) is 0.364. The van der Waals surface area contributed by atoms with Crippen LogP contribution in [-0.2, 0) is 6.54 Å². The Morgan fingerprint density at radius 1 is 1.56 bits per heavy atom. The standard InChI is InChI=1S/C9H6Br2N2O2S/c10-6-3-7(16-8(6)11)9(14)12-4-5-1-2-15-13-5/h1-3H,4H2,(H,12,14). The Bertz CT molecular complexity index is 476. The maximum absolute atomic E-state index is 11.7. The van der Waals surface area contributed by atoms with E-state index >= 15 is 0 Å². The maximum atomic E-state index is 11.7. The monoisotopic (exact) mass is 364 g/mol. The Morgan fingerprint density at radius 2 is 2.38 bits per heavy atom. The van der Waals surface area contributed by atoms with Crippen molar-refractivity contribution in [2.24, 2.45) is 0 Å². The van der Waals surface area contributed by atoms with Crippen LogP contribution in [0.5, 0.6) is 0 Å². The Morgan fingerprint density at radius 3 is 2.94 bits per heavy atom. The summed E-state index contributed by atoms with van der Waals surface area (Å²) in [5.41, 5.74) is 0.697. The molecule has 0 saturated carbocycles. The van der Waals surface area contributed by atoms with Gasteiger partial charge < -0.3 is 9.84 Å². The quantitative estimate of drug-likeness (QED) is 0.908. The summed E-state index contributed by atoms with van der Waals surface area (Å²) < 4.78 is 6.44. The second-order valence-corrected chi connectivity index (χ2v) is 6.13. The first-order valence-electron chi connectivity index (χ1n) is 4.29. The maximum Gasteiger partial charge on any atom is 0.261 e. The molecule has 0 spiro atoms. The third kappa shape index (κ3) is 2.72. The Balaban J connectivity index is 1.98. The largest absolute Gasteiger partial charge is 0.364 e. The number of carbonyl (C=O) groups excluding carboxylic acids is 1. The SMILES string of the molecule is O=C(NCc1ccon1)c1cc(Br)c(Br)s1. The number of hydrogen-bond acceptors (Lipinski definition) is 4. The first kappa shape index (κ1) is 11.8. The minimum Gasteiger partial charge on any atom is -0.364 e. The molecule has 0 unspecified atom stereocenters. The lowest BCUT2D eigenvalue weighted by atomic mass is 10.4. The van der Waals surface area contributed by atoms with Crippen molar-refractivity contribution >= 4 is 49.1 Å². The third-order valence-corrected chi connectivity index (χ3v) is 5.05. The van der Waals surface area contributed by atoms with E-state index in [1.807, 2.05) is 0 Å². The van der Waals surface area contributed by atoms with E-state index in [1.54, 1.807) is 12.1 Å². The highest BCUT2D eigenvalue weighted by atomic mass is 79.9. The summed E-state index contributed by atoms with van der Waals surface area (Å²) in [7, 11) is 0. The van der Waals surface area contributed by atoms with Gasteiger partial charge in [-0.1, -0.05) is 5.16 Å². The average molecular weight is 366 g/mol. The van der Waals surface area contributed by atoms with E-state index in [9.17, 15) is 4.79 Å². The Labute approximate surface area is 112 Å². The van der Waals surface area contributed by atoms with E-state index in [2.05, 4.69) is 46.9 Å². The van der Waals surface area contributed by atoms with Gasteiger partial charge in [0, 0.05) is 10.5 Å². The van der Waals surface area contributed by atoms with Crippen LogP contribution in [0, 0.1) is 0 Å². The van der Waals surface area contributed by atoms with E-state index < -0.39 is 0 Å². The predicted octanol–water partition coefficient (Wildman–Crippen LogP) is 3.19. The van der Waals surface area contributed by atoms with Crippen LogP contribution in [0.4, 0.5) is 0 Å². The average Bonchev–Trinajstić information content (AvgIpc) is 2.86. The highest BCUT2D eigenvalue weighted by Gasteiger charge is 2.11. The summed E-state index contributed by atoms with van der Waals surface area (Å²) >= 11 is 8.04. The van der Waals surface area contributed by atoms with Gasteiger partial charge in [-0.2, -0.15) is 0 Å². The molecule has 2 rings (SSSR count). The van der Waals surface area contributed by atoms with Crippen LogP contribution in [0.15, 0.2) is 31.2 Å². The van der Waals surface area contributed by atoms with Crippen LogP contribution in [0.25, 0.3) is 0 Å². The molecule has 84 valence electrons. The molecule has 0 aromatic carbocycles. The molecule has 0 saturated heterocycles. The number of aromatic nitrogens is 1. The Hall–Kier alpha value is -0.660. The summed E-state index contributed by atoms with van der Waals surface area (Å²) in [6, 6.07) is 3.48. The molecule has 2 heterocycles. The molecule has 2 aromatic heterocycles. The molecule has 0 aliphatic carbocycles. The Kier molecular flexibility index (Phi) is 3.78. The van der Waals surface area contributed by atoms with Gasteiger partial charge in [0.25, 0.3) is 5.91 Å². The molecule has 1 N–H and O–H groups in total. The zero-order valence-electron chi connectivity index (χ0n) is 7.87. The number of thiophene rings is 1. The van der Waals surface area contributed by atoms with Gasteiger partial charge >= 0.3 is 0 Å². The van der Waals surface area contributed by atoms with Gasteiger partial charge in [-0.25, -0.2) is 0 Å². The van der Waals surface area contributed by atoms with E-state index in [0.29, 0.717) is 17.1 Å². The van der Waals surface area contributed by atoms with Gasteiger partial charge in [0.15, 0.2) is 0 Å². The van der Waals surface area contributed by atoms with Gasteiger partial charge in [-0.05, 0) is 37.9 Å². The zero-order valence-corrected chi connectivity index (χ0v) is 11.9. The molecule has 0 aliphatic rings. The van der Waals surface area contributed by atoms with Crippen LogP contribution < -0.4 is 5.32 Å². The van der Waals surface area contributed by atoms with Gasteiger partial charge in [0.2, 0.25) is 0 Å². The first-order valence-corrected chi connectivity index (χ1v) is 6.69. The molecule has 2 aromatic rings. The summed E-state index contributed by atoms with van der Waals surface area (Å²) in [5.74, 6) is -0.126. The van der Waals surface area contributed by atoms with E-state index in [4.69, 9.17) is 0 Å². The molecule has 0 atom stereocenters. The number of nitrogens with zero attached hydrogens (tertiary/aromatic N) is 1. The lowest BCUT2D eigenvalue weighted by Crippen LogP contribution is -2.21. The van der Waals surface area contributed by atoms with Crippen LogP contribution in [0.1, 0.15) is 15.4 Å². The molecule has 16 heavy (non-hydrogen) atoms. The highest BCUT2D eigenvalue weighted by Crippen LogP contribution is 2.32. The van der Waals surface area contributed by atoms with Gasteiger partial charge in [0.1, 0.15) is 12.0 Å². The van der Waals surface area contributed by atoms with Crippen molar-refractivity contribution in [3.05, 3.63) is 37.2 Å². The number of amides is 1. The molecule has 4 nitrogen and oxygen atoms in total. The summed E-state index contributed by atoms with van der Waals surface area (Å²) in [5, 5.41) is 6.45. The fourth-order valence-corrected chi connectivity index (χ4v) is 3.00. The molecule has 7 heteroatoms. The lowest BCUT2D eigenvalue weighted by Gasteiger charge is -1.99. The van der Waals surface area contributed by atoms with Crippen molar-refractivity contribution in [2.45, 2.75) is 6.54 Å². The smallest absolute Gasteiger partial charge is 0.261 e. The topological polar surface area (TPSA) is 55.1 Å². The van der Waals surface area contributed by atoms with Gasteiger partial charge in [0.05, 0.1) is 15.2 Å². The molecular weight excluding hydrogens is 360 g/mol. The van der Waals surface area contributed by atoms with Crippen LogP contribution in [0.3, 0.4) is 0 Å². The molecule has 0 aliphatic heterocycles. The van der Waals surface area contributed by atoms with E-state index in [0.717, 1.165) is 8.26 Å². The second-order valence-electron chi connectivity index (χ2n) is 2.91.